The number of aryl methyl sites for hydroxylation is 2. The molecule has 0 heterocycles. The molecule has 0 aliphatic heterocycles. The first-order valence-corrected chi connectivity index (χ1v) is 6.69. The number of nitrogens with one attached hydrogen (secondary N) is 1. The fourth-order valence-corrected chi connectivity index (χ4v) is 2.67. The number of amides is 1. The van der Waals surface area contributed by atoms with E-state index in [1.54, 1.807) is 0 Å². The average molecular weight is 246 g/mol. The molecule has 98 valence electrons. The summed E-state index contributed by atoms with van der Waals surface area (Å²) in [5.41, 5.74) is 9.12. The molecule has 1 aliphatic carbocycles. The van der Waals surface area contributed by atoms with Crippen LogP contribution in [0.1, 0.15) is 36.8 Å². The van der Waals surface area contributed by atoms with E-state index >= 15 is 0 Å². The Morgan fingerprint density at radius 3 is 2.22 bits per heavy atom. The van der Waals surface area contributed by atoms with Crippen LogP contribution in [0.4, 0.5) is 5.69 Å². The third-order valence-corrected chi connectivity index (χ3v) is 3.63. The first kappa shape index (κ1) is 13.1. The van der Waals surface area contributed by atoms with Crippen molar-refractivity contribution in [1.82, 2.24) is 0 Å². The maximum atomic E-state index is 12.1. The van der Waals surface area contributed by atoms with Crippen LogP contribution < -0.4 is 11.1 Å². The molecule has 0 saturated heterocycles. The van der Waals surface area contributed by atoms with Gasteiger partial charge in [-0.15, -0.1) is 0 Å². The SMILES string of the molecule is Cc1cc(C)cc(NC(=O)C2CCC(N)CC2)c1. The minimum Gasteiger partial charge on any atom is -0.328 e. The summed E-state index contributed by atoms with van der Waals surface area (Å²) in [7, 11) is 0. The fourth-order valence-electron chi connectivity index (χ4n) is 2.67. The molecule has 1 aromatic carbocycles. The molecule has 18 heavy (non-hydrogen) atoms. The van der Waals surface area contributed by atoms with E-state index in [0.29, 0.717) is 0 Å². The van der Waals surface area contributed by atoms with E-state index in [4.69, 9.17) is 5.73 Å². The van der Waals surface area contributed by atoms with Gasteiger partial charge in [0.25, 0.3) is 0 Å². The van der Waals surface area contributed by atoms with E-state index in [1.807, 2.05) is 26.0 Å². The molecule has 1 amide bonds. The zero-order chi connectivity index (χ0) is 13.1. The molecular formula is C15H22N2O. The summed E-state index contributed by atoms with van der Waals surface area (Å²) in [5, 5.41) is 3.03. The van der Waals surface area contributed by atoms with Crippen molar-refractivity contribution in [2.24, 2.45) is 11.7 Å². The molecular weight excluding hydrogens is 224 g/mol. The van der Waals surface area contributed by atoms with E-state index in [9.17, 15) is 4.79 Å². The second-order valence-corrected chi connectivity index (χ2v) is 5.48. The zero-order valence-electron chi connectivity index (χ0n) is 11.2. The summed E-state index contributed by atoms with van der Waals surface area (Å²) >= 11 is 0. The van der Waals surface area contributed by atoms with Crippen LogP contribution in [0.15, 0.2) is 18.2 Å². The third kappa shape index (κ3) is 3.33. The van der Waals surface area contributed by atoms with Crippen LogP contribution in [0.3, 0.4) is 0 Å². The number of anilines is 1. The van der Waals surface area contributed by atoms with Crippen LogP contribution in [-0.2, 0) is 4.79 Å². The molecule has 0 bridgehead atoms. The van der Waals surface area contributed by atoms with E-state index in [2.05, 4.69) is 11.4 Å². The Bertz CT molecular complexity index is 414. The van der Waals surface area contributed by atoms with Gasteiger partial charge in [0, 0.05) is 17.6 Å². The molecule has 0 aromatic heterocycles. The normalized spacial score (nSPS) is 23.7. The Kier molecular flexibility index (Phi) is 4.02. The van der Waals surface area contributed by atoms with Crippen molar-refractivity contribution in [1.29, 1.82) is 0 Å². The lowest BCUT2D eigenvalue weighted by Gasteiger charge is -2.25. The maximum absolute atomic E-state index is 12.1. The van der Waals surface area contributed by atoms with Gasteiger partial charge in [0.1, 0.15) is 0 Å². The fraction of sp³-hybridized carbons (Fsp3) is 0.533. The number of hydrogen-bond acceptors (Lipinski definition) is 2. The minimum absolute atomic E-state index is 0.130. The Morgan fingerprint density at radius 1 is 1.11 bits per heavy atom. The van der Waals surface area contributed by atoms with Crippen molar-refractivity contribution in [3.8, 4) is 0 Å². The highest BCUT2D eigenvalue weighted by Crippen LogP contribution is 2.25. The van der Waals surface area contributed by atoms with Gasteiger partial charge in [-0.3, -0.25) is 4.79 Å². The Labute approximate surface area is 109 Å². The molecule has 3 heteroatoms. The van der Waals surface area contributed by atoms with Gasteiger partial charge in [0.05, 0.1) is 0 Å². The van der Waals surface area contributed by atoms with E-state index in [0.717, 1.165) is 31.4 Å². The molecule has 0 unspecified atom stereocenters. The van der Waals surface area contributed by atoms with Crippen molar-refractivity contribution >= 4 is 11.6 Å². The summed E-state index contributed by atoms with van der Waals surface area (Å²) in [6.45, 7) is 4.09. The average Bonchev–Trinajstić information content (AvgIpc) is 2.28. The van der Waals surface area contributed by atoms with E-state index in [-0.39, 0.29) is 17.9 Å². The van der Waals surface area contributed by atoms with Gasteiger partial charge in [0.2, 0.25) is 5.91 Å². The highest BCUT2D eigenvalue weighted by molar-refractivity contribution is 5.92. The molecule has 0 radical (unpaired) electrons. The van der Waals surface area contributed by atoms with Gasteiger partial charge in [-0.25, -0.2) is 0 Å². The van der Waals surface area contributed by atoms with Crippen molar-refractivity contribution < 1.29 is 4.79 Å². The molecule has 2 rings (SSSR count). The van der Waals surface area contributed by atoms with Crippen LogP contribution in [0.5, 0.6) is 0 Å². The molecule has 0 spiro atoms. The van der Waals surface area contributed by atoms with Gasteiger partial charge in [-0.1, -0.05) is 6.07 Å². The number of nitrogens with two attached hydrogens (primary N) is 1. The summed E-state index contributed by atoms with van der Waals surface area (Å²) in [6, 6.07) is 6.42. The second kappa shape index (κ2) is 5.53. The molecule has 1 aliphatic rings. The van der Waals surface area contributed by atoms with Gasteiger partial charge in [-0.05, 0) is 62.8 Å². The molecule has 0 atom stereocenters. The van der Waals surface area contributed by atoms with Crippen LogP contribution in [0.2, 0.25) is 0 Å². The summed E-state index contributed by atoms with van der Waals surface area (Å²) < 4.78 is 0. The number of hydrogen-bond donors (Lipinski definition) is 2. The smallest absolute Gasteiger partial charge is 0.227 e. The molecule has 1 saturated carbocycles. The largest absolute Gasteiger partial charge is 0.328 e. The molecule has 1 fully saturated rings. The summed E-state index contributed by atoms with van der Waals surface area (Å²) in [4.78, 5) is 12.1. The topological polar surface area (TPSA) is 55.1 Å². The lowest BCUT2D eigenvalue weighted by Crippen LogP contribution is -2.32. The van der Waals surface area contributed by atoms with Crippen molar-refractivity contribution in [3.05, 3.63) is 29.3 Å². The third-order valence-electron chi connectivity index (χ3n) is 3.63. The number of carbonyl (C=O) groups excluding carboxylic acids is 1. The van der Waals surface area contributed by atoms with Gasteiger partial charge in [0.15, 0.2) is 0 Å². The predicted octanol–water partition coefficient (Wildman–Crippen LogP) is 2.76. The quantitative estimate of drug-likeness (QED) is 0.843. The monoisotopic (exact) mass is 246 g/mol. The highest BCUT2D eigenvalue weighted by Gasteiger charge is 2.24. The molecule has 3 N–H and O–H groups in total. The first-order chi connectivity index (χ1) is 8.54. The van der Waals surface area contributed by atoms with Gasteiger partial charge in [-0.2, -0.15) is 0 Å². The number of rotatable bonds is 2. The summed E-state index contributed by atoms with van der Waals surface area (Å²) in [6.07, 6.45) is 3.76. The number of benzene rings is 1. The van der Waals surface area contributed by atoms with Crippen LogP contribution >= 0.6 is 0 Å². The lowest BCUT2D eigenvalue weighted by molar-refractivity contribution is -0.120. The van der Waals surface area contributed by atoms with E-state index < -0.39 is 0 Å². The van der Waals surface area contributed by atoms with Crippen molar-refractivity contribution in [2.75, 3.05) is 5.32 Å². The zero-order valence-corrected chi connectivity index (χ0v) is 11.2. The van der Waals surface area contributed by atoms with Crippen LogP contribution in [-0.4, -0.2) is 11.9 Å². The van der Waals surface area contributed by atoms with Crippen LogP contribution in [0, 0.1) is 19.8 Å². The molecule has 3 nitrogen and oxygen atoms in total. The van der Waals surface area contributed by atoms with Crippen molar-refractivity contribution in [2.45, 2.75) is 45.6 Å². The molecule has 1 aromatic rings. The van der Waals surface area contributed by atoms with Gasteiger partial charge >= 0.3 is 0 Å². The second-order valence-electron chi connectivity index (χ2n) is 5.48. The number of carbonyl (C=O) groups is 1. The predicted molar refractivity (Wildman–Crippen MR) is 74.5 cm³/mol. The van der Waals surface area contributed by atoms with Gasteiger partial charge < -0.3 is 11.1 Å². The lowest BCUT2D eigenvalue weighted by atomic mass is 9.86. The minimum atomic E-state index is 0.130. The Hall–Kier alpha value is -1.35. The standard InChI is InChI=1S/C15H22N2O/c1-10-7-11(2)9-14(8-10)17-15(18)12-3-5-13(16)6-4-12/h7-9,12-13H,3-6,16H2,1-2H3,(H,17,18). The Morgan fingerprint density at radius 2 is 1.67 bits per heavy atom. The maximum Gasteiger partial charge on any atom is 0.227 e. The van der Waals surface area contributed by atoms with Crippen molar-refractivity contribution in [3.63, 3.8) is 0 Å². The summed E-state index contributed by atoms with van der Waals surface area (Å²) in [5.74, 6) is 0.275. The highest BCUT2D eigenvalue weighted by atomic mass is 16.1. The first-order valence-electron chi connectivity index (χ1n) is 6.69. The van der Waals surface area contributed by atoms with Crippen LogP contribution in [0.25, 0.3) is 0 Å². The Balaban J connectivity index is 1.98. The van der Waals surface area contributed by atoms with E-state index in [1.165, 1.54) is 11.1 Å².